The molecular weight excluding hydrogens is 246 g/mol. The molecule has 0 fully saturated rings. The van der Waals surface area contributed by atoms with Crippen LogP contribution in [-0.4, -0.2) is 42.1 Å². The molecule has 0 saturated heterocycles. The minimum atomic E-state index is -0.299. The number of nitrogens with zero attached hydrogens (tertiary/aromatic N) is 1. The van der Waals surface area contributed by atoms with Crippen molar-refractivity contribution in [1.82, 2.24) is 4.90 Å². The molecule has 0 saturated carbocycles. The molecule has 0 aromatic heterocycles. The molecule has 0 atom stereocenters. The van der Waals surface area contributed by atoms with Crippen LogP contribution in [0.5, 0.6) is 5.75 Å². The number of hydrogen-bond donors (Lipinski definition) is 1. The highest BCUT2D eigenvalue weighted by Crippen LogP contribution is 2.10. The summed E-state index contributed by atoms with van der Waals surface area (Å²) in [6, 6.07) is 6.49. The minimum Gasteiger partial charge on any atom is -0.508 e. The Bertz CT molecular complexity index is 428. The summed E-state index contributed by atoms with van der Waals surface area (Å²) in [7, 11) is 1.65. The fourth-order valence-electron chi connectivity index (χ4n) is 1.54. The molecule has 1 N–H and O–H groups in total. The Morgan fingerprint density at radius 2 is 1.89 bits per heavy atom. The third kappa shape index (κ3) is 5.42. The Kier molecular flexibility index (Phi) is 5.85. The molecule has 1 rings (SSSR count). The summed E-state index contributed by atoms with van der Waals surface area (Å²) in [5.74, 6) is -0.200. The minimum absolute atomic E-state index is 0.0741. The van der Waals surface area contributed by atoms with E-state index in [0.29, 0.717) is 13.2 Å². The number of amides is 1. The van der Waals surface area contributed by atoms with Gasteiger partial charge in [-0.05, 0) is 24.6 Å². The highest BCUT2D eigenvalue weighted by atomic mass is 16.5. The maximum Gasteiger partial charge on any atom is 0.307 e. The Labute approximate surface area is 112 Å². The van der Waals surface area contributed by atoms with E-state index in [1.807, 2.05) is 0 Å². The Morgan fingerprint density at radius 3 is 2.47 bits per heavy atom. The number of carbonyl (C=O) groups is 2. The van der Waals surface area contributed by atoms with Gasteiger partial charge in [-0.1, -0.05) is 12.1 Å². The number of carbonyl (C=O) groups excluding carboxylic acids is 2. The van der Waals surface area contributed by atoms with Gasteiger partial charge in [0.15, 0.2) is 0 Å². The normalized spacial score (nSPS) is 10.0. The molecule has 19 heavy (non-hydrogen) atoms. The van der Waals surface area contributed by atoms with Gasteiger partial charge in [-0.25, -0.2) is 0 Å². The number of aromatic hydroxyl groups is 1. The molecule has 5 heteroatoms. The van der Waals surface area contributed by atoms with Crippen molar-refractivity contribution in [3.63, 3.8) is 0 Å². The standard InChI is InChI=1S/C14H19NO4/c1-3-19-14(18)8-9-15(2)13(17)10-11-4-6-12(16)7-5-11/h4-7,16H,3,8-10H2,1-2H3. The van der Waals surface area contributed by atoms with E-state index in [1.54, 1.807) is 38.2 Å². The van der Waals surface area contributed by atoms with E-state index in [9.17, 15) is 9.59 Å². The van der Waals surface area contributed by atoms with E-state index < -0.39 is 0 Å². The average molecular weight is 265 g/mol. The average Bonchev–Trinajstić information content (AvgIpc) is 2.39. The largest absolute Gasteiger partial charge is 0.508 e. The van der Waals surface area contributed by atoms with Crippen LogP contribution >= 0.6 is 0 Å². The summed E-state index contributed by atoms with van der Waals surface area (Å²) >= 11 is 0. The zero-order valence-corrected chi connectivity index (χ0v) is 11.3. The number of rotatable bonds is 6. The maximum absolute atomic E-state index is 11.9. The smallest absolute Gasteiger partial charge is 0.307 e. The zero-order valence-electron chi connectivity index (χ0n) is 11.3. The van der Waals surface area contributed by atoms with Crippen molar-refractivity contribution in [1.29, 1.82) is 0 Å². The summed E-state index contributed by atoms with van der Waals surface area (Å²) in [4.78, 5) is 24.6. The van der Waals surface area contributed by atoms with Gasteiger partial charge in [0.2, 0.25) is 5.91 Å². The fourth-order valence-corrected chi connectivity index (χ4v) is 1.54. The van der Waals surface area contributed by atoms with E-state index in [2.05, 4.69) is 0 Å². The zero-order chi connectivity index (χ0) is 14.3. The van der Waals surface area contributed by atoms with Gasteiger partial charge in [0, 0.05) is 13.6 Å². The lowest BCUT2D eigenvalue weighted by molar-refractivity contribution is -0.143. The molecule has 1 aromatic rings. The van der Waals surface area contributed by atoms with Crippen LogP contribution < -0.4 is 0 Å². The lowest BCUT2D eigenvalue weighted by Crippen LogP contribution is -2.30. The second kappa shape index (κ2) is 7.41. The second-order valence-electron chi connectivity index (χ2n) is 4.21. The van der Waals surface area contributed by atoms with E-state index in [4.69, 9.17) is 9.84 Å². The molecule has 0 aliphatic rings. The van der Waals surface area contributed by atoms with Crippen LogP contribution in [0.3, 0.4) is 0 Å². The van der Waals surface area contributed by atoms with E-state index in [-0.39, 0.29) is 30.5 Å². The highest BCUT2D eigenvalue weighted by molar-refractivity contribution is 5.79. The van der Waals surface area contributed by atoms with Gasteiger partial charge in [0.1, 0.15) is 5.75 Å². The lowest BCUT2D eigenvalue weighted by Gasteiger charge is -2.16. The van der Waals surface area contributed by atoms with Crippen LogP contribution in [0.25, 0.3) is 0 Å². The predicted molar refractivity (Wildman–Crippen MR) is 70.7 cm³/mol. The summed E-state index contributed by atoms with van der Waals surface area (Å²) in [6.07, 6.45) is 0.450. The third-order valence-electron chi connectivity index (χ3n) is 2.67. The first kappa shape index (κ1) is 15.0. The maximum atomic E-state index is 11.9. The number of hydrogen-bond acceptors (Lipinski definition) is 4. The molecule has 0 heterocycles. The molecule has 0 bridgehead atoms. The fraction of sp³-hybridized carbons (Fsp3) is 0.429. The Morgan fingerprint density at radius 1 is 1.26 bits per heavy atom. The third-order valence-corrected chi connectivity index (χ3v) is 2.67. The van der Waals surface area contributed by atoms with Crippen molar-refractivity contribution >= 4 is 11.9 Å². The molecule has 1 amide bonds. The molecule has 104 valence electrons. The van der Waals surface area contributed by atoms with Gasteiger partial charge < -0.3 is 14.7 Å². The topological polar surface area (TPSA) is 66.8 Å². The van der Waals surface area contributed by atoms with Crippen LogP contribution in [0.1, 0.15) is 18.9 Å². The van der Waals surface area contributed by atoms with Crippen LogP contribution in [0.15, 0.2) is 24.3 Å². The highest BCUT2D eigenvalue weighted by Gasteiger charge is 2.11. The van der Waals surface area contributed by atoms with Crippen molar-refractivity contribution in [2.24, 2.45) is 0 Å². The number of ether oxygens (including phenoxy) is 1. The van der Waals surface area contributed by atoms with Crippen LogP contribution in [-0.2, 0) is 20.7 Å². The SMILES string of the molecule is CCOC(=O)CCN(C)C(=O)Cc1ccc(O)cc1. The van der Waals surface area contributed by atoms with Gasteiger partial charge in [0.25, 0.3) is 0 Å². The van der Waals surface area contributed by atoms with E-state index in [0.717, 1.165) is 5.56 Å². The van der Waals surface area contributed by atoms with E-state index in [1.165, 1.54) is 4.90 Å². The number of benzene rings is 1. The predicted octanol–water partition coefficient (Wildman–Crippen LogP) is 1.35. The van der Waals surface area contributed by atoms with Crippen molar-refractivity contribution in [2.75, 3.05) is 20.2 Å². The first-order valence-corrected chi connectivity index (χ1v) is 6.20. The Hall–Kier alpha value is -2.04. The van der Waals surface area contributed by atoms with Gasteiger partial charge in [-0.15, -0.1) is 0 Å². The number of phenolic OH excluding ortho intramolecular Hbond substituents is 1. The van der Waals surface area contributed by atoms with Crippen molar-refractivity contribution < 1.29 is 19.4 Å². The summed E-state index contributed by atoms with van der Waals surface area (Å²) in [5, 5.41) is 9.15. The van der Waals surface area contributed by atoms with Crippen molar-refractivity contribution in [3.05, 3.63) is 29.8 Å². The molecule has 0 aliphatic carbocycles. The van der Waals surface area contributed by atoms with Crippen LogP contribution in [0, 0.1) is 0 Å². The lowest BCUT2D eigenvalue weighted by atomic mass is 10.1. The molecule has 0 radical (unpaired) electrons. The van der Waals surface area contributed by atoms with Crippen molar-refractivity contribution in [2.45, 2.75) is 19.8 Å². The Balaban J connectivity index is 2.40. The number of esters is 1. The van der Waals surface area contributed by atoms with Crippen molar-refractivity contribution in [3.8, 4) is 5.75 Å². The molecule has 0 unspecified atom stereocenters. The van der Waals surface area contributed by atoms with Crippen LogP contribution in [0.4, 0.5) is 0 Å². The second-order valence-corrected chi connectivity index (χ2v) is 4.21. The molecule has 0 aliphatic heterocycles. The molecular formula is C14H19NO4. The number of likely N-dealkylation sites (N-methyl/N-ethyl adjacent to an activating group) is 1. The monoisotopic (exact) mass is 265 g/mol. The molecule has 0 spiro atoms. The van der Waals surface area contributed by atoms with E-state index >= 15 is 0 Å². The first-order chi connectivity index (χ1) is 9.02. The molecule has 5 nitrogen and oxygen atoms in total. The van der Waals surface area contributed by atoms with Gasteiger partial charge in [-0.2, -0.15) is 0 Å². The summed E-state index contributed by atoms with van der Waals surface area (Å²) in [5.41, 5.74) is 0.825. The molecule has 1 aromatic carbocycles. The first-order valence-electron chi connectivity index (χ1n) is 6.20. The number of phenols is 1. The quantitative estimate of drug-likeness (QED) is 0.788. The van der Waals surface area contributed by atoms with Gasteiger partial charge >= 0.3 is 5.97 Å². The van der Waals surface area contributed by atoms with Gasteiger partial charge in [-0.3, -0.25) is 9.59 Å². The summed E-state index contributed by atoms with van der Waals surface area (Å²) in [6.45, 7) is 2.44. The summed E-state index contributed by atoms with van der Waals surface area (Å²) < 4.78 is 4.80. The van der Waals surface area contributed by atoms with Crippen LogP contribution in [0.2, 0.25) is 0 Å². The van der Waals surface area contributed by atoms with Gasteiger partial charge in [0.05, 0.1) is 19.4 Å².